The quantitative estimate of drug-likeness (QED) is 0.731. The van der Waals surface area contributed by atoms with E-state index in [1.807, 2.05) is 0 Å². The van der Waals surface area contributed by atoms with Crippen molar-refractivity contribution in [3.8, 4) is 11.5 Å². The fourth-order valence-corrected chi connectivity index (χ4v) is 2.24. The van der Waals surface area contributed by atoms with Crippen LogP contribution in [0.3, 0.4) is 0 Å². The average Bonchev–Trinajstić information content (AvgIpc) is 2.65. The van der Waals surface area contributed by atoms with Gasteiger partial charge in [-0.25, -0.2) is 0 Å². The molecule has 0 aliphatic rings. The van der Waals surface area contributed by atoms with E-state index >= 15 is 0 Å². The molecular weight excluding hydrogens is 308 g/mol. The van der Waals surface area contributed by atoms with Gasteiger partial charge in [0.25, 0.3) is 0 Å². The number of Topliss-reactive ketones (excluding diaryl/α,β-unsaturated/α-hetero) is 1. The van der Waals surface area contributed by atoms with Gasteiger partial charge < -0.3 is 14.4 Å². The Labute approximate surface area is 141 Å². The van der Waals surface area contributed by atoms with Crippen molar-refractivity contribution in [2.75, 3.05) is 26.2 Å². The molecule has 0 unspecified atom stereocenters. The first-order valence-corrected chi connectivity index (χ1v) is 7.48. The summed E-state index contributed by atoms with van der Waals surface area (Å²) in [5.41, 5.74) is 1.19. The van der Waals surface area contributed by atoms with Crippen LogP contribution >= 0.6 is 0 Å². The minimum Gasteiger partial charge on any atom is -0.493 e. The Hall–Kier alpha value is -2.89. The summed E-state index contributed by atoms with van der Waals surface area (Å²) in [4.78, 5) is 29.8. The Balaban J connectivity index is 2.01. The van der Waals surface area contributed by atoms with Crippen LogP contribution in [0.25, 0.3) is 0 Å². The van der Waals surface area contributed by atoms with Gasteiger partial charge in [0.05, 0.1) is 14.2 Å². The minimum absolute atomic E-state index is 0.0999. The Morgan fingerprint density at radius 2 is 1.83 bits per heavy atom. The predicted molar refractivity (Wildman–Crippen MR) is 90.8 cm³/mol. The molecule has 1 aromatic carbocycles. The summed E-state index contributed by atoms with van der Waals surface area (Å²) >= 11 is 0. The number of ether oxygens (including phenoxy) is 2. The number of rotatable bonds is 7. The summed E-state index contributed by atoms with van der Waals surface area (Å²) in [6.45, 7) is 0. The molecule has 6 nitrogen and oxygen atoms in total. The topological polar surface area (TPSA) is 68.7 Å². The number of aromatic nitrogens is 1. The third-order valence-electron chi connectivity index (χ3n) is 3.68. The van der Waals surface area contributed by atoms with Gasteiger partial charge >= 0.3 is 0 Å². The Kier molecular flexibility index (Phi) is 5.89. The van der Waals surface area contributed by atoms with Crippen LogP contribution in [0.2, 0.25) is 0 Å². The van der Waals surface area contributed by atoms with Crippen LogP contribution in [0, 0.1) is 0 Å². The lowest BCUT2D eigenvalue weighted by Gasteiger charge is -2.19. The number of carbonyl (C=O) groups is 2. The highest BCUT2D eigenvalue weighted by molar-refractivity contribution is 6.00. The lowest BCUT2D eigenvalue weighted by atomic mass is 10.1. The van der Waals surface area contributed by atoms with Crippen LogP contribution in [0.1, 0.15) is 23.2 Å². The van der Waals surface area contributed by atoms with Gasteiger partial charge in [-0.1, -0.05) is 0 Å². The fraction of sp³-hybridized carbons (Fsp3) is 0.278. The van der Waals surface area contributed by atoms with Crippen molar-refractivity contribution in [1.29, 1.82) is 0 Å². The van der Waals surface area contributed by atoms with Crippen molar-refractivity contribution in [2.24, 2.45) is 0 Å². The van der Waals surface area contributed by atoms with Crippen LogP contribution in [-0.2, 0) is 4.79 Å². The first-order chi connectivity index (χ1) is 11.6. The van der Waals surface area contributed by atoms with Crippen LogP contribution in [0.15, 0.2) is 42.7 Å². The highest BCUT2D eigenvalue weighted by Gasteiger charge is 2.16. The van der Waals surface area contributed by atoms with E-state index in [2.05, 4.69) is 4.98 Å². The molecule has 0 aliphatic carbocycles. The van der Waals surface area contributed by atoms with Gasteiger partial charge in [0.1, 0.15) is 0 Å². The van der Waals surface area contributed by atoms with E-state index in [1.54, 1.807) is 50.7 Å². The fourth-order valence-electron chi connectivity index (χ4n) is 2.24. The summed E-state index contributed by atoms with van der Waals surface area (Å²) < 4.78 is 10.4. The second-order valence-corrected chi connectivity index (χ2v) is 5.16. The summed E-state index contributed by atoms with van der Waals surface area (Å²) in [5.74, 6) is 0.881. The van der Waals surface area contributed by atoms with Crippen LogP contribution < -0.4 is 14.4 Å². The zero-order chi connectivity index (χ0) is 17.5. The average molecular weight is 328 g/mol. The molecule has 6 heteroatoms. The third-order valence-corrected chi connectivity index (χ3v) is 3.68. The molecule has 1 amide bonds. The van der Waals surface area contributed by atoms with Crippen molar-refractivity contribution >= 4 is 17.4 Å². The standard InChI is InChI=1S/C18H20N2O4/c1-20(14-6-8-16(23-2)17(11-14)24-3)18(22)9-7-15(21)13-5-4-10-19-12-13/h4-6,8,10-12H,7,9H2,1-3H3. The zero-order valence-corrected chi connectivity index (χ0v) is 14.0. The zero-order valence-electron chi connectivity index (χ0n) is 14.0. The molecular formula is C18H20N2O4. The van der Waals surface area contributed by atoms with Gasteiger partial charge in [0, 0.05) is 49.6 Å². The Morgan fingerprint density at radius 3 is 2.46 bits per heavy atom. The maximum atomic E-state index is 12.3. The number of anilines is 1. The molecule has 0 radical (unpaired) electrons. The predicted octanol–water partition coefficient (Wildman–Crippen LogP) is 2.72. The molecule has 2 rings (SSSR count). The van der Waals surface area contributed by atoms with Crippen molar-refractivity contribution in [3.63, 3.8) is 0 Å². The highest BCUT2D eigenvalue weighted by atomic mass is 16.5. The Bertz CT molecular complexity index is 716. The first kappa shape index (κ1) is 17.5. The van der Waals surface area contributed by atoms with Crippen LogP contribution in [-0.4, -0.2) is 37.9 Å². The van der Waals surface area contributed by atoms with Crippen LogP contribution in [0.4, 0.5) is 5.69 Å². The SMILES string of the molecule is COc1ccc(N(C)C(=O)CCC(=O)c2cccnc2)cc1OC. The van der Waals surface area contributed by atoms with E-state index in [1.165, 1.54) is 18.2 Å². The number of methoxy groups -OCH3 is 2. The van der Waals surface area contributed by atoms with Crippen LogP contribution in [0.5, 0.6) is 11.5 Å². The smallest absolute Gasteiger partial charge is 0.227 e. The number of ketones is 1. The van der Waals surface area contributed by atoms with E-state index in [0.717, 1.165) is 0 Å². The molecule has 24 heavy (non-hydrogen) atoms. The summed E-state index contributed by atoms with van der Waals surface area (Å²) in [6, 6.07) is 8.61. The largest absolute Gasteiger partial charge is 0.493 e. The molecule has 1 heterocycles. The first-order valence-electron chi connectivity index (χ1n) is 7.48. The molecule has 1 aromatic heterocycles. The monoisotopic (exact) mass is 328 g/mol. The number of nitrogens with zero attached hydrogens (tertiary/aromatic N) is 2. The van der Waals surface area contributed by atoms with Gasteiger partial charge in [0.2, 0.25) is 5.91 Å². The second kappa shape index (κ2) is 8.10. The number of pyridine rings is 1. The molecule has 0 saturated heterocycles. The lowest BCUT2D eigenvalue weighted by molar-refractivity contribution is -0.118. The highest BCUT2D eigenvalue weighted by Crippen LogP contribution is 2.31. The number of hydrogen-bond acceptors (Lipinski definition) is 5. The lowest BCUT2D eigenvalue weighted by Crippen LogP contribution is -2.26. The molecule has 126 valence electrons. The van der Waals surface area contributed by atoms with E-state index in [4.69, 9.17) is 9.47 Å². The minimum atomic E-state index is -0.153. The van der Waals surface area contributed by atoms with Gasteiger partial charge in [-0.15, -0.1) is 0 Å². The van der Waals surface area contributed by atoms with Crippen molar-refractivity contribution in [1.82, 2.24) is 4.98 Å². The number of amides is 1. The van der Waals surface area contributed by atoms with Gasteiger partial charge in [-0.2, -0.15) is 0 Å². The molecule has 0 N–H and O–H groups in total. The number of carbonyl (C=O) groups excluding carboxylic acids is 2. The summed E-state index contributed by atoms with van der Waals surface area (Å²) in [6.07, 6.45) is 3.37. The van der Waals surface area contributed by atoms with Crippen molar-refractivity contribution in [2.45, 2.75) is 12.8 Å². The van der Waals surface area contributed by atoms with E-state index in [9.17, 15) is 9.59 Å². The van der Waals surface area contributed by atoms with Gasteiger partial charge in [0.15, 0.2) is 17.3 Å². The van der Waals surface area contributed by atoms with Gasteiger partial charge in [-0.3, -0.25) is 14.6 Å². The van der Waals surface area contributed by atoms with E-state index in [-0.39, 0.29) is 24.5 Å². The summed E-state index contributed by atoms with van der Waals surface area (Å²) in [7, 11) is 4.75. The van der Waals surface area contributed by atoms with Crippen molar-refractivity contribution in [3.05, 3.63) is 48.3 Å². The molecule has 0 aliphatic heterocycles. The maximum absolute atomic E-state index is 12.3. The third kappa shape index (κ3) is 4.10. The molecule has 2 aromatic rings. The number of benzene rings is 1. The molecule has 0 fully saturated rings. The Morgan fingerprint density at radius 1 is 1.08 bits per heavy atom. The molecule has 0 spiro atoms. The van der Waals surface area contributed by atoms with E-state index in [0.29, 0.717) is 22.7 Å². The molecule has 0 bridgehead atoms. The number of hydrogen-bond donors (Lipinski definition) is 0. The second-order valence-electron chi connectivity index (χ2n) is 5.16. The maximum Gasteiger partial charge on any atom is 0.227 e. The molecule has 0 saturated carbocycles. The molecule has 0 atom stereocenters. The van der Waals surface area contributed by atoms with Crippen molar-refractivity contribution < 1.29 is 19.1 Å². The normalized spacial score (nSPS) is 10.1. The van der Waals surface area contributed by atoms with Gasteiger partial charge in [-0.05, 0) is 24.3 Å². The van der Waals surface area contributed by atoms with E-state index < -0.39 is 0 Å². The summed E-state index contributed by atoms with van der Waals surface area (Å²) in [5, 5.41) is 0.